The van der Waals surface area contributed by atoms with E-state index in [9.17, 15) is 13.2 Å². The highest BCUT2D eigenvalue weighted by Crippen LogP contribution is 2.27. The standard InChI is InChI=1S/C20H21NO5S/c1-3-26-19-8-4-15(5-9-19)20(22)21(17-12-13-27(23,24)14-17)16-6-10-18(25-2)11-7-16/h4-13,17H,3,14H2,1-2H3. The van der Waals surface area contributed by atoms with Crippen LogP contribution in [0.15, 0.2) is 60.0 Å². The van der Waals surface area contributed by atoms with Crippen LogP contribution in [0.1, 0.15) is 17.3 Å². The third kappa shape index (κ3) is 4.31. The van der Waals surface area contributed by atoms with Gasteiger partial charge in [-0.1, -0.05) is 0 Å². The minimum Gasteiger partial charge on any atom is -0.497 e. The lowest BCUT2D eigenvalue weighted by molar-refractivity contribution is 0.0983. The van der Waals surface area contributed by atoms with E-state index in [1.807, 2.05) is 6.92 Å². The van der Waals surface area contributed by atoms with Crippen molar-refractivity contribution in [3.05, 3.63) is 65.6 Å². The molecule has 1 unspecified atom stereocenters. The van der Waals surface area contributed by atoms with Crippen molar-refractivity contribution in [3.8, 4) is 11.5 Å². The number of carbonyl (C=O) groups is 1. The van der Waals surface area contributed by atoms with Gasteiger partial charge in [-0.2, -0.15) is 0 Å². The number of ether oxygens (including phenoxy) is 2. The number of rotatable bonds is 6. The average molecular weight is 387 g/mol. The van der Waals surface area contributed by atoms with Gasteiger partial charge in [0.05, 0.1) is 25.5 Å². The molecule has 0 bridgehead atoms. The van der Waals surface area contributed by atoms with Gasteiger partial charge in [0.15, 0.2) is 9.84 Å². The Labute approximate surface area is 158 Å². The van der Waals surface area contributed by atoms with Gasteiger partial charge in [0.1, 0.15) is 11.5 Å². The van der Waals surface area contributed by atoms with Gasteiger partial charge in [0.2, 0.25) is 0 Å². The second-order valence-electron chi connectivity index (χ2n) is 6.06. The fourth-order valence-corrected chi connectivity index (χ4v) is 4.19. The van der Waals surface area contributed by atoms with Crippen LogP contribution in [-0.2, 0) is 9.84 Å². The van der Waals surface area contributed by atoms with E-state index in [1.54, 1.807) is 61.7 Å². The first-order valence-electron chi connectivity index (χ1n) is 8.55. The van der Waals surface area contributed by atoms with Crippen LogP contribution in [0, 0.1) is 0 Å². The van der Waals surface area contributed by atoms with Crippen molar-refractivity contribution >= 4 is 21.4 Å². The minimum atomic E-state index is -3.31. The molecule has 1 aliphatic rings. The normalized spacial score (nSPS) is 17.5. The van der Waals surface area contributed by atoms with E-state index in [2.05, 4.69) is 0 Å². The Balaban J connectivity index is 1.95. The Morgan fingerprint density at radius 1 is 1.07 bits per heavy atom. The van der Waals surface area contributed by atoms with Crippen LogP contribution in [0.4, 0.5) is 5.69 Å². The lowest BCUT2D eigenvalue weighted by atomic mass is 10.1. The fraction of sp³-hybridized carbons (Fsp3) is 0.250. The SMILES string of the molecule is CCOc1ccc(C(=O)N(c2ccc(OC)cc2)C2C=CS(=O)(=O)C2)cc1. The van der Waals surface area contributed by atoms with E-state index in [1.165, 1.54) is 10.3 Å². The zero-order chi connectivity index (χ0) is 19.4. The molecule has 0 N–H and O–H groups in total. The summed E-state index contributed by atoms with van der Waals surface area (Å²) in [5.74, 6) is 0.909. The van der Waals surface area contributed by atoms with Crippen molar-refractivity contribution in [1.82, 2.24) is 0 Å². The zero-order valence-corrected chi connectivity index (χ0v) is 16.0. The van der Waals surface area contributed by atoms with Crippen molar-refractivity contribution in [3.63, 3.8) is 0 Å². The number of carbonyl (C=O) groups excluding carboxylic acids is 1. The number of hydrogen-bond donors (Lipinski definition) is 0. The van der Waals surface area contributed by atoms with Crippen LogP contribution in [0.3, 0.4) is 0 Å². The molecular weight excluding hydrogens is 366 g/mol. The molecule has 0 aromatic heterocycles. The van der Waals surface area contributed by atoms with Crippen molar-refractivity contribution in [2.75, 3.05) is 24.4 Å². The molecule has 0 radical (unpaired) electrons. The predicted octanol–water partition coefficient (Wildman–Crippen LogP) is 3.05. The van der Waals surface area contributed by atoms with E-state index in [4.69, 9.17) is 9.47 Å². The van der Waals surface area contributed by atoms with Gasteiger partial charge in [0, 0.05) is 16.7 Å². The monoisotopic (exact) mass is 387 g/mol. The maximum absolute atomic E-state index is 13.2. The zero-order valence-electron chi connectivity index (χ0n) is 15.2. The second kappa shape index (κ2) is 7.84. The summed E-state index contributed by atoms with van der Waals surface area (Å²) in [5, 5.41) is 1.17. The molecule has 0 saturated heterocycles. The largest absolute Gasteiger partial charge is 0.497 e. The Morgan fingerprint density at radius 2 is 1.70 bits per heavy atom. The second-order valence-corrected chi connectivity index (χ2v) is 7.99. The van der Waals surface area contributed by atoms with E-state index < -0.39 is 15.9 Å². The van der Waals surface area contributed by atoms with Gasteiger partial charge in [-0.25, -0.2) is 8.42 Å². The molecule has 0 aliphatic carbocycles. The Bertz CT molecular complexity index is 933. The molecular formula is C20H21NO5S. The molecule has 0 saturated carbocycles. The summed E-state index contributed by atoms with van der Waals surface area (Å²) >= 11 is 0. The summed E-state index contributed by atoms with van der Waals surface area (Å²) < 4.78 is 34.4. The maximum atomic E-state index is 13.2. The van der Waals surface area contributed by atoms with Gasteiger partial charge in [-0.3, -0.25) is 4.79 Å². The topological polar surface area (TPSA) is 72.9 Å². The number of amides is 1. The molecule has 1 amide bonds. The molecule has 3 rings (SSSR count). The average Bonchev–Trinajstić information content (AvgIpc) is 3.02. The summed E-state index contributed by atoms with van der Waals surface area (Å²) in [4.78, 5) is 14.7. The summed E-state index contributed by atoms with van der Waals surface area (Å²) in [6.45, 7) is 2.42. The van der Waals surface area contributed by atoms with Crippen molar-refractivity contribution in [2.24, 2.45) is 0 Å². The molecule has 142 valence electrons. The van der Waals surface area contributed by atoms with E-state index >= 15 is 0 Å². The summed E-state index contributed by atoms with van der Waals surface area (Å²) in [6, 6.07) is 13.2. The molecule has 0 fully saturated rings. The highest BCUT2D eigenvalue weighted by atomic mass is 32.2. The predicted molar refractivity (Wildman–Crippen MR) is 104 cm³/mol. The van der Waals surface area contributed by atoms with E-state index in [0.717, 1.165) is 0 Å². The Morgan fingerprint density at radius 3 is 2.22 bits per heavy atom. The molecule has 27 heavy (non-hydrogen) atoms. The number of anilines is 1. The summed E-state index contributed by atoms with van der Waals surface area (Å²) in [7, 11) is -1.75. The highest BCUT2D eigenvalue weighted by molar-refractivity contribution is 7.94. The lowest BCUT2D eigenvalue weighted by Gasteiger charge is -2.28. The molecule has 0 spiro atoms. The van der Waals surface area contributed by atoms with E-state index in [-0.39, 0.29) is 11.7 Å². The molecule has 1 atom stereocenters. The third-order valence-electron chi connectivity index (χ3n) is 4.22. The summed E-state index contributed by atoms with van der Waals surface area (Å²) in [6.07, 6.45) is 1.55. The van der Waals surface area contributed by atoms with Gasteiger partial charge in [-0.05, 0) is 61.5 Å². The van der Waals surface area contributed by atoms with Gasteiger partial charge in [0.25, 0.3) is 5.91 Å². The number of nitrogens with zero attached hydrogens (tertiary/aromatic N) is 1. The van der Waals surface area contributed by atoms with Gasteiger partial charge < -0.3 is 14.4 Å². The first kappa shape index (κ1) is 19.0. The Kier molecular flexibility index (Phi) is 5.51. The van der Waals surface area contributed by atoms with Gasteiger partial charge >= 0.3 is 0 Å². The summed E-state index contributed by atoms with van der Waals surface area (Å²) in [5.41, 5.74) is 1.05. The highest BCUT2D eigenvalue weighted by Gasteiger charge is 2.32. The maximum Gasteiger partial charge on any atom is 0.258 e. The number of sulfone groups is 1. The molecule has 1 heterocycles. The first-order chi connectivity index (χ1) is 12.9. The van der Waals surface area contributed by atoms with Crippen LogP contribution >= 0.6 is 0 Å². The van der Waals surface area contributed by atoms with Crippen molar-refractivity contribution < 1.29 is 22.7 Å². The van der Waals surface area contributed by atoms with Crippen molar-refractivity contribution in [2.45, 2.75) is 13.0 Å². The van der Waals surface area contributed by atoms with E-state index in [0.29, 0.717) is 29.4 Å². The van der Waals surface area contributed by atoms with Crippen LogP contribution < -0.4 is 14.4 Å². The van der Waals surface area contributed by atoms with Crippen LogP contribution in [0.25, 0.3) is 0 Å². The fourth-order valence-electron chi connectivity index (χ4n) is 2.92. The smallest absolute Gasteiger partial charge is 0.258 e. The number of benzene rings is 2. The molecule has 7 heteroatoms. The quantitative estimate of drug-likeness (QED) is 0.762. The number of hydrogen-bond acceptors (Lipinski definition) is 5. The van der Waals surface area contributed by atoms with Crippen LogP contribution in [0.5, 0.6) is 11.5 Å². The molecule has 2 aromatic rings. The van der Waals surface area contributed by atoms with Crippen LogP contribution in [0.2, 0.25) is 0 Å². The third-order valence-corrected chi connectivity index (χ3v) is 5.60. The first-order valence-corrected chi connectivity index (χ1v) is 10.3. The Hall–Kier alpha value is -2.80. The van der Waals surface area contributed by atoms with Crippen molar-refractivity contribution in [1.29, 1.82) is 0 Å². The minimum absolute atomic E-state index is 0.137. The van der Waals surface area contributed by atoms with Crippen LogP contribution in [-0.4, -0.2) is 39.8 Å². The lowest BCUT2D eigenvalue weighted by Crippen LogP contribution is -2.41. The molecule has 1 aliphatic heterocycles. The molecule has 2 aromatic carbocycles. The molecule has 6 nitrogen and oxygen atoms in total. The van der Waals surface area contributed by atoms with Gasteiger partial charge in [-0.15, -0.1) is 0 Å². The number of methoxy groups -OCH3 is 1.